The second kappa shape index (κ2) is 6.74. The van der Waals surface area contributed by atoms with Crippen LogP contribution < -0.4 is 5.32 Å². The van der Waals surface area contributed by atoms with Gasteiger partial charge >= 0.3 is 0 Å². The van der Waals surface area contributed by atoms with E-state index in [0.717, 1.165) is 49.2 Å². The van der Waals surface area contributed by atoms with Crippen molar-refractivity contribution in [3.05, 3.63) is 53.9 Å². The minimum atomic E-state index is -0.187. The number of aliphatic hydroxyl groups excluding tert-OH is 1. The maximum absolute atomic E-state index is 12.5. The molecule has 1 aromatic carbocycles. The third-order valence-electron chi connectivity index (χ3n) is 4.70. The normalized spacial score (nSPS) is 16.4. The molecule has 25 heavy (non-hydrogen) atoms. The molecule has 0 unspecified atom stereocenters. The summed E-state index contributed by atoms with van der Waals surface area (Å²) in [6.45, 7) is 2.50. The number of fused-ring (bicyclic) bond motifs is 1. The lowest BCUT2D eigenvalue weighted by molar-refractivity contribution is 0.0793. The number of aromatic nitrogens is 1. The zero-order valence-electron chi connectivity index (χ0n) is 13.9. The molecular weight excluding hydrogens is 318 g/mol. The molecule has 6 heteroatoms. The van der Waals surface area contributed by atoms with Gasteiger partial charge < -0.3 is 19.8 Å². The minimum absolute atomic E-state index is 0.183. The van der Waals surface area contributed by atoms with Crippen LogP contribution in [-0.4, -0.2) is 40.1 Å². The zero-order chi connectivity index (χ0) is 17.2. The number of nitrogens with zero attached hydrogens (tertiary/aromatic N) is 1. The maximum atomic E-state index is 12.5. The number of amides is 1. The number of hydrogen-bond acceptors (Lipinski definition) is 4. The number of para-hydroxylation sites is 1. The van der Waals surface area contributed by atoms with E-state index in [1.807, 2.05) is 24.3 Å². The lowest BCUT2D eigenvalue weighted by Crippen LogP contribution is -2.35. The van der Waals surface area contributed by atoms with Crippen LogP contribution in [0.1, 0.15) is 28.9 Å². The standard InChI is InChI=1S/C19H21N3O3/c23-14-5-8-22(9-6-14)12-13-3-1-2-4-15(13)21-19(24)17-11-18-16(20-17)7-10-25-18/h1-4,7,10-11,14,20,23H,5-6,8-9,12H2,(H,21,24). The van der Waals surface area contributed by atoms with E-state index in [-0.39, 0.29) is 12.0 Å². The van der Waals surface area contributed by atoms with Gasteiger partial charge in [0.25, 0.3) is 5.91 Å². The van der Waals surface area contributed by atoms with Crippen molar-refractivity contribution in [1.29, 1.82) is 0 Å². The summed E-state index contributed by atoms with van der Waals surface area (Å²) in [4.78, 5) is 17.9. The molecule has 1 fully saturated rings. The van der Waals surface area contributed by atoms with Gasteiger partial charge in [-0.2, -0.15) is 0 Å². The van der Waals surface area contributed by atoms with Crippen LogP contribution in [0.5, 0.6) is 0 Å². The molecule has 2 aromatic heterocycles. The molecule has 0 bridgehead atoms. The Bertz CT molecular complexity index is 846. The number of piperidine rings is 1. The van der Waals surface area contributed by atoms with E-state index in [0.29, 0.717) is 11.3 Å². The molecule has 0 aliphatic carbocycles. The fourth-order valence-corrected chi connectivity index (χ4v) is 3.26. The number of carbonyl (C=O) groups excluding carboxylic acids is 1. The van der Waals surface area contributed by atoms with E-state index in [2.05, 4.69) is 15.2 Å². The molecule has 130 valence electrons. The number of likely N-dealkylation sites (tertiary alicyclic amines) is 1. The van der Waals surface area contributed by atoms with Gasteiger partial charge in [-0.3, -0.25) is 9.69 Å². The van der Waals surface area contributed by atoms with Gasteiger partial charge in [-0.1, -0.05) is 18.2 Å². The van der Waals surface area contributed by atoms with Crippen LogP contribution in [0.15, 0.2) is 47.1 Å². The Kier molecular flexibility index (Phi) is 4.29. The first-order valence-electron chi connectivity index (χ1n) is 8.55. The quantitative estimate of drug-likeness (QED) is 0.682. The van der Waals surface area contributed by atoms with Crippen molar-refractivity contribution in [3.63, 3.8) is 0 Å². The van der Waals surface area contributed by atoms with Gasteiger partial charge in [0, 0.05) is 37.5 Å². The molecule has 0 atom stereocenters. The summed E-state index contributed by atoms with van der Waals surface area (Å²) >= 11 is 0. The number of anilines is 1. The Balaban J connectivity index is 1.48. The Morgan fingerprint density at radius 2 is 2.08 bits per heavy atom. The molecule has 3 aromatic rings. The van der Waals surface area contributed by atoms with Crippen LogP contribution in [0.3, 0.4) is 0 Å². The lowest BCUT2D eigenvalue weighted by Gasteiger charge is -2.30. The molecule has 4 rings (SSSR count). The summed E-state index contributed by atoms with van der Waals surface area (Å²) in [6, 6.07) is 11.3. The summed E-state index contributed by atoms with van der Waals surface area (Å²) in [6.07, 6.45) is 3.01. The number of H-pyrrole nitrogens is 1. The number of aliphatic hydroxyl groups is 1. The predicted octanol–water partition coefficient (Wildman–Crippen LogP) is 2.97. The number of furan rings is 1. The molecule has 0 radical (unpaired) electrons. The molecule has 3 heterocycles. The Morgan fingerprint density at radius 1 is 1.28 bits per heavy atom. The fourth-order valence-electron chi connectivity index (χ4n) is 3.26. The van der Waals surface area contributed by atoms with Gasteiger partial charge in [0.2, 0.25) is 0 Å². The van der Waals surface area contributed by atoms with Crippen LogP contribution in [0, 0.1) is 0 Å². The molecule has 0 saturated carbocycles. The monoisotopic (exact) mass is 339 g/mol. The van der Waals surface area contributed by atoms with Crippen molar-refractivity contribution in [1.82, 2.24) is 9.88 Å². The Morgan fingerprint density at radius 3 is 2.88 bits per heavy atom. The summed E-state index contributed by atoms with van der Waals surface area (Å²) in [5.41, 5.74) is 3.84. The second-order valence-corrected chi connectivity index (χ2v) is 6.50. The highest BCUT2D eigenvalue weighted by molar-refractivity contribution is 6.05. The van der Waals surface area contributed by atoms with Crippen LogP contribution in [0.2, 0.25) is 0 Å². The number of aromatic amines is 1. The van der Waals surface area contributed by atoms with Gasteiger partial charge in [0.15, 0.2) is 5.58 Å². The summed E-state index contributed by atoms with van der Waals surface area (Å²) in [7, 11) is 0. The van der Waals surface area contributed by atoms with Crippen molar-refractivity contribution >= 4 is 22.7 Å². The minimum Gasteiger partial charge on any atom is -0.463 e. The van der Waals surface area contributed by atoms with Gasteiger partial charge in [-0.05, 0) is 24.5 Å². The number of hydrogen-bond donors (Lipinski definition) is 3. The highest BCUT2D eigenvalue weighted by atomic mass is 16.3. The number of rotatable bonds is 4. The molecule has 1 saturated heterocycles. The Hall–Kier alpha value is -2.57. The van der Waals surface area contributed by atoms with E-state index in [1.165, 1.54) is 0 Å². The van der Waals surface area contributed by atoms with Crippen molar-refractivity contribution in [3.8, 4) is 0 Å². The molecule has 1 aliphatic rings. The predicted molar refractivity (Wildman–Crippen MR) is 95.5 cm³/mol. The lowest BCUT2D eigenvalue weighted by atomic mass is 10.1. The van der Waals surface area contributed by atoms with Crippen LogP contribution in [0.4, 0.5) is 5.69 Å². The van der Waals surface area contributed by atoms with Crippen LogP contribution in [-0.2, 0) is 6.54 Å². The largest absolute Gasteiger partial charge is 0.463 e. The smallest absolute Gasteiger partial charge is 0.272 e. The van der Waals surface area contributed by atoms with Gasteiger partial charge in [-0.25, -0.2) is 0 Å². The molecule has 1 aliphatic heterocycles. The summed E-state index contributed by atoms with van der Waals surface area (Å²) in [5, 5.41) is 12.6. The van der Waals surface area contributed by atoms with Crippen molar-refractivity contribution in [2.75, 3.05) is 18.4 Å². The molecule has 6 nitrogen and oxygen atoms in total. The average molecular weight is 339 g/mol. The fraction of sp³-hybridized carbons (Fsp3) is 0.316. The first-order valence-corrected chi connectivity index (χ1v) is 8.55. The molecular formula is C19H21N3O3. The van der Waals surface area contributed by atoms with Gasteiger partial charge in [0.05, 0.1) is 17.9 Å². The van der Waals surface area contributed by atoms with E-state index < -0.39 is 0 Å². The van der Waals surface area contributed by atoms with E-state index in [1.54, 1.807) is 18.4 Å². The van der Waals surface area contributed by atoms with E-state index >= 15 is 0 Å². The van der Waals surface area contributed by atoms with Gasteiger partial charge in [-0.15, -0.1) is 0 Å². The van der Waals surface area contributed by atoms with Crippen molar-refractivity contribution in [2.24, 2.45) is 0 Å². The van der Waals surface area contributed by atoms with Crippen LogP contribution >= 0.6 is 0 Å². The second-order valence-electron chi connectivity index (χ2n) is 6.50. The topological polar surface area (TPSA) is 81.5 Å². The number of carbonyl (C=O) groups is 1. The molecule has 1 amide bonds. The molecule has 3 N–H and O–H groups in total. The van der Waals surface area contributed by atoms with E-state index in [9.17, 15) is 9.90 Å². The first-order chi connectivity index (χ1) is 12.2. The highest BCUT2D eigenvalue weighted by Crippen LogP contribution is 2.22. The van der Waals surface area contributed by atoms with Crippen molar-refractivity contribution in [2.45, 2.75) is 25.5 Å². The first kappa shape index (κ1) is 15.9. The van der Waals surface area contributed by atoms with Crippen molar-refractivity contribution < 1.29 is 14.3 Å². The zero-order valence-corrected chi connectivity index (χ0v) is 13.9. The van der Waals surface area contributed by atoms with Gasteiger partial charge in [0.1, 0.15) is 5.69 Å². The summed E-state index contributed by atoms with van der Waals surface area (Å²) < 4.78 is 5.29. The highest BCUT2D eigenvalue weighted by Gasteiger charge is 2.19. The Labute approximate surface area is 145 Å². The third-order valence-corrected chi connectivity index (χ3v) is 4.70. The average Bonchev–Trinajstić information content (AvgIpc) is 3.20. The SMILES string of the molecule is O=C(Nc1ccccc1CN1CCC(O)CC1)c1cc2occc2[nH]1. The van der Waals surface area contributed by atoms with Crippen LogP contribution in [0.25, 0.3) is 11.1 Å². The third kappa shape index (κ3) is 3.45. The maximum Gasteiger partial charge on any atom is 0.272 e. The number of nitrogens with one attached hydrogen (secondary N) is 2. The van der Waals surface area contributed by atoms with E-state index in [4.69, 9.17) is 4.42 Å². The summed E-state index contributed by atoms with van der Waals surface area (Å²) in [5.74, 6) is -0.187. The number of benzene rings is 1. The molecule has 0 spiro atoms.